The maximum atomic E-state index is 16.6. The summed E-state index contributed by atoms with van der Waals surface area (Å²) < 4.78 is 106. The summed E-state index contributed by atoms with van der Waals surface area (Å²) in [5.41, 5.74) is 5.64. The van der Waals surface area contributed by atoms with Crippen LogP contribution in [0, 0.1) is 5.92 Å². The van der Waals surface area contributed by atoms with Gasteiger partial charge in [0.1, 0.15) is 17.2 Å². The molecule has 6 rings (SSSR count). The molecule has 3 atom stereocenters. The molecule has 3 aromatic carbocycles. The second kappa shape index (κ2) is 16.8. The third kappa shape index (κ3) is 10.2. The molecule has 53 heavy (non-hydrogen) atoms. The Hall–Kier alpha value is -4.28. The largest absolute Gasteiger partial charge is 0.493 e. The number of halogens is 5. The first-order chi connectivity index (χ1) is 25.0. The van der Waals surface area contributed by atoms with Gasteiger partial charge in [0.15, 0.2) is 6.04 Å². The van der Waals surface area contributed by atoms with Crippen molar-refractivity contribution < 1.29 is 54.5 Å². The van der Waals surface area contributed by atoms with E-state index in [0.717, 1.165) is 18.9 Å². The third-order valence-electron chi connectivity index (χ3n) is 9.69. The first-order valence-corrected chi connectivity index (χ1v) is 18.9. The molecule has 4 N–H and O–H groups in total. The van der Waals surface area contributed by atoms with Crippen LogP contribution in [0.5, 0.6) is 17.2 Å². The molecule has 3 fully saturated rings. The van der Waals surface area contributed by atoms with Gasteiger partial charge < -0.3 is 25.2 Å². The highest BCUT2D eigenvalue weighted by Gasteiger charge is 2.53. The van der Waals surface area contributed by atoms with Crippen LogP contribution < -0.4 is 19.9 Å². The van der Waals surface area contributed by atoms with E-state index < -0.39 is 45.6 Å². The summed E-state index contributed by atoms with van der Waals surface area (Å²) in [6.07, 6.45) is 2.95. The van der Waals surface area contributed by atoms with E-state index in [0.29, 0.717) is 49.7 Å². The van der Waals surface area contributed by atoms with Gasteiger partial charge in [0.25, 0.3) is 5.92 Å². The summed E-state index contributed by atoms with van der Waals surface area (Å²) in [6.45, 7) is 0.544. The van der Waals surface area contributed by atoms with E-state index in [1.54, 1.807) is 30.3 Å². The number of carboxylic acid groups (broad SMARTS) is 1. The lowest BCUT2D eigenvalue weighted by atomic mass is 9.90. The topological polar surface area (TPSA) is 148 Å². The number of aliphatic carboxylic acids is 1. The molecule has 3 aliphatic rings. The highest BCUT2D eigenvalue weighted by molar-refractivity contribution is 7.89. The Morgan fingerprint density at radius 2 is 1.42 bits per heavy atom. The lowest BCUT2D eigenvalue weighted by Crippen LogP contribution is -2.60. The molecule has 10 nitrogen and oxygen atoms in total. The van der Waals surface area contributed by atoms with Gasteiger partial charge in [-0.3, -0.25) is 4.79 Å². The SMILES string of the molecule is NC1CC2CCC(C1)N2C(=O)[C@@H](NS(=O)(=O)c1ccc(OCC2CCCCC2)cc1)C(F)(F)c1cccc(Oc2ccccc2)c1.O=C(O)C(F)(F)F. The van der Waals surface area contributed by atoms with E-state index in [9.17, 15) is 26.4 Å². The first-order valence-electron chi connectivity index (χ1n) is 17.4. The van der Waals surface area contributed by atoms with Gasteiger partial charge in [0.05, 0.1) is 11.5 Å². The monoisotopic (exact) mass is 767 g/mol. The number of sulfonamides is 1. The second-order valence-corrected chi connectivity index (χ2v) is 15.3. The number of benzene rings is 3. The quantitative estimate of drug-likeness (QED) is 0.177. The van der Waals surface area contributed by atoms with Crippen molar-refractivity contribution in [3.8, 4) is 17.2 Å². The van der Waals surface area contributed by atoms with Crippen molar-refractivity contribution in [1.29, 1.82) is 0 Å². The number of para-hydroxylation sites is 1. The van der Waals surface area contributed by atoms with E-state index in [1.165, 1.54) is 66.6 Å². The minimum atomic E-state index is -5.08. The molecule has 2 aliphatic heterocycles. The van der Waals surface area contributed by atoms with Crippen LogP contribution in [0.25, 0.3) is 0 Å². The zero-order chi connectivity index (χ0) is 38.4. The van der Waals surface area contributed by atoms with Gasteiger partial charge in [-0.15, -0.1) is 0 Å². The van der Waals surface area contributed by atoms with Crippen molar-refractivity contribution in [2.24, 2.45) is 11.7 Å². The summed E-state index contributed by atoms with van der Waals surface area (Å²) >= 11 is 0. The average Bonchev–Trinajstić information content (AvgIpc) is 3.40. The highest BCUT2D eigenvalue weighted by atomic mass is 32.2. The van der Waals surface area contributed by atoms with Crippen LogP contribution in [0.2, 0.25) is 0 Å². The Bertz CT molecular complexity index is 1790. The van der Waals surface area contributed by atoms with Crippen LogP contribution in [0.1, 0.15) is 63.4 Å². The third-order valence-corrected chi connectivity index (χ3v) is 11.1. The number of carbonyl (C=O) groups is 2. The van der Waals surface area contributed by atoms with Gasteiger partial charge in [-0.25, -0.2) is 13.2 Å². The molecule has 2 saturated heterocycles. The fraction of sp³-hybridized carbons (Fsp3) is 0.459. The van der Waals surface area contributed by atoms with Crippen molar-refractivity contribution in [2.45, 2.75) is 98.9 Å². The molecule has 2 bridgehead atoms. The zero-order valence-electron chi connectivity index (χ0n) is 28.7. The minimum absolute atomic E-state index is 0.130. The summed E-state index contributed by atoms with van der Waals surface area (Å²) in [7, 11) is -4.56. The number of piperidine rings is 1. The number of rotatable bonds is 11. The second-order valence-electron chi connectivity index (χ2n) is 13.6. The number of hydrogen-bond acceptors (Lipinski definition) is 7. The van der Waals surface area contributed by atoms with Gasteiger partial charge in [0.2, 0.25) is 15.9 Å². The van der Waals surface area contributed by atoms with E-state index in [2.05, 4.69) is 4.72 Å². The number of nitrogens with two attached hydrogens (primary N) is 1. The van der Waals surface area contributed by atoms with E-state index >= 15 is 8.78 Å². The number of amides is 1. The first kappa shape index (κ1) is 39.9. The molecule has 0 radical (unpaired) electrons. The number of carboxylic acids is 1. The van der Waals surface area contributed by atoms with Crippen molar-refractivity contribution >= 4 is 21.9 Å². The standard InChI is InChI=1S/C35H41F2N3O5S.C2HF3O2/c36-35(37,25-10-7-13-31(20-25)45-30-11-5-2-6-12-30)33(34(41)40-27-14-15-28(40)22-26(38)21-27)39-46(42,43)32-18-16-29(17-19-32)44-23-24-8-3-1-4-9-24;3-2(4,5)1(6)7/h2,5-7,10-13,16-20,24,26-28,33,39H,1,3-4,8-9,14-15,21-23,38H2;(H,6,7)/t26?,27?,28?,33-;/m1./s1. The molecule has 1 aliphatic carbocycles. The number of ether oxygens (including phenoxy) is 2. The lowest BCUT2D eigenvalue weighted by Gasteiger charge is -2.41. The van der Waals surface area contributed by atoms with Crippen LogP contribution in [0.3, 0.4) is 0 Å². The Kier molecular flexibility index (Phi) is 12.7. The van der Waals surface area contributed by atoms with Crippen molar-refractivity contribution in [1.82, 2.24) is 9.62 Å². The predicted molar refractivity (Wildman–Crippen MR) is 184 cm³/mol. The normalized spacial score (nSPS) is 21.2. The Balaban J connectivity index is 0.000000705. The molecule has 2 unspecified atom stereocenters. The maximum absolute atomic E-state index is 16.6. The molecule has 2 heterocycles. The highest BCUT2D eigenvalue weighted by Crippen LogP contribution is 2.41. The average molecular weight is 768 g/mol. The molecule has 1 amide bonds. The molecule has 3 aromatic rings. The molecular formula is C37H42F5N3O7S. The lowest BCUT2D eigenvalue weighted by molar-refractivity contribution is -0.192. The van der Waals surface area contributed by atoms with Crippen LogP contribution in [0.4, 0.5) is 22.0 Å². The van der Waals surface area contributed by atoms with Crippen LogP contribution in [-0.4, -0.2) is 67.3 Å². The molecule has 0 aromatic heterocycles. The fourth-order valence-electron chi connectivity index (χ4n) is 7.07. The summed E-state index contributed by atoms with van der Waals surface area (Å²) in [5.74, 6) is -6.11. The van der Waals surface area contributed by atoms with Crippen LogP contribution >= 0.6 is 0 Å². The zero-order valence-corrected chi connectivity index (χ0v) is 29.5. The van der Waals surface area contributed by atoms with Gasteiger partial charge in [-0.2, -0.15) is 26.7 Å². The summed E-state index contributed by atoms with van der Waals surface area (Å²) in [4.78, 5) is 24.2. The Labute approximate surface area is 304 Å². The van der Waals surface area contributed by atoms with E-state index in [-0.39, 0.29) is 28.8 Å². The van der Waals surface area contributed by atoms with E-state index in [1.807, 2.05) is 0 Å². The number of fused-ring (bicyclic) bond motifs is 2. The Morgan fingerprint density at radius 1 is 0.830 bits per heavy atom. The van der Waals surface area contributed by atoms with Gasteiger partial charge >= 0.3 is 12.1 Å². The van der Waals surface area contributed by atoms with Crippen molar-refractivity contribution in [2.75, 3.05) is 6.61 Å². The maximum Gasteiger partial charge on any atom is 0.490 e. The van der Waals surface area contributed by atoms with Crippen molar-refractivity contribution in [3.05, 3.63) is 84.4 Å². The smallest absolute Gasteiger partial charge is 0.490 e. The predicted octanol–water partition coefficient (Wildman–Crippen LogP) is 6.99. The summed E-state index contributed by atoms with van der Waals surface area (Å²) in [6, 6.07) is 16.4. The van der Waals surface area contributed by atoms with Crippen LogP contribution in [0.15, 0.2) is 83.8 Å². The molecular weight excluding hydrogens is 725 g/mol. The number of alkyl halides is 5. The number of carbonyl (C=O) groups excluding carboxylic acids is 1. The molecule has 288 valence electrons. The minimum Gasteiger partial charge on any atom is -0.493 e. The molecule has 1 saturated carbocycles. The molecule has 0 spiro atoms. The Morgan fingerprint density at radius 3 is 2.00 bits per heavy atom. The van der Waals surface area contributed by atoms with E-state index in [4.69, 9.17) is 25.1 Å². The fourth-order valence-corrected chi connectivity index (χ4v) is 8.26. The molecule has 16 heteroatoms. The van der Waals surface area contributed by atoms with Gasteiger partial charge in [-0.05, 0) is 93.0 Å². The number of nitrogens with zero attached hydrogens (tertiary/aromatic N) is 1. The van der Waals surface area contributed by atoms with Crippen LogP contribution in [-0.2, 0) is 25.5 Å². The number of hydrogen-bond donors (Lipinski definition) is 3. The number of nitrogens with one attached hydrogen (secondary N) is 1. The van der Waals surface area contributed by atoms with Gasteiger partial charge in [-0.1, -0.05) is 49.6 Å². The van der Waals surface area contributed by atoms with Gasteiger partial charge in [0, 0.05) is 23.7 Å². The summed E-state index contributed by atoms with van der Waals surface area (Å²) in [5, 5.41) is 7.12. The van der Waals surface area contributed by atoms with Crippen molar-refractivity contribution in [3.63, 3.8) is 0 Å².